The van der Waals surface area contributed by atoms with Crippen molar-refractivity contribution in [3.8, 4) is 11.5 Å². The lowest BCUT2D eigenvalue weighted by Crippen LogP contribution is -2.13. The Kier molecular flexibility index (Phi) is 7.47. The van der Waals surface area contributed by atoms with Crippen molar-refractivity contribution in [2.75, 3.05) is 7.11 Å². The van der Waals surface area contributed by atoms with Gasteiger partial charge in [0, 0.05) is 23.1 Å². The van der Waals surface area contributed by atoms with Crippen LogP contribution >= 0.6 is 27.5 Å². The highest BCUT2D eigenvalue weighted by Crippen LogP contribution is 2.34. The Morgan fingerprint density at radius 3 is 2.31 bits per heavy atom. The fourth-order valence-electron chi connectivity index (χ4n) is 2.72. The van der Waals surface area contributed by atoms with Crippen molar-refractivity contribution in [3.63, 3.8) is 0 Å². The fourth-order valence-corrected chi connectivity index (χ4v) is 3.41. The van der Waals surface area contributed by atoms with Crippen LogP contribution in [0.5, 0.6) is 11.5 Å². The lowest BCUT2D eigenvalue weighted by Gasteiger charge is -2.15. The SMILES string of the molecule is COc1cc(CNCc2ccc(F)cc2)c(Br)cc1OCc1ccc(F)cc1Cl. The Hall–Kier alpha value is -2.15. The minimum absolute atomic E-state index is 0.185. The van der Waals surface area contributed by atoms with Crippen LogP contribution in [0.15, 0.2) is 59.1 Å². The first-order valence-electron chi connectivity index (χ1n) is 8.84. The van der Waals surface area contributed by atoms with Crippen LogP contribution in [0.2, 0.25) is 5.02 Å². The third kappa shape index (κ3) is 5.92. The third-order valence-corrected chi connectivity index (χ3v) is 5.38. The van der Waals surface area contributed by atoms with Crippen LogP contribution in [0.3, 0.4) is 0 Å². The molecule has 0 unspecified atom stereocenters. The van der Waals surface area contributed by atoms with Crippen LogP contribution in [-0.4, -0.2) is 7.11 Å². The maximum absolute atomic E-state index is 13.2. The number of methoxy groups -OCH3 is 1. The van der Waals surface area contributed by atoms with E-state index in [2.05, 4.69) is 21.2 Å². The van der Waals surface area contributed by atoms with Gasteiger partial charge in [-0.05, 0) is 47.5 Å². The maximum Gasteiger partial charge on any atom is 0.162 e. The molecule has 0 aliphatic heterocycles. The van der Waals surface area contributed by atoms with E-state index in [0.717, 1.165) is 15.6 Å². The van der Waals surface area contributed by atoms with Crippen molar-refractivity contribution in [2.45, 2.75) is 19.7 Å². The Morgan fingerprint density at radius 1 is 0.897 bits per heavy atom. The predicted octanol–water partition coefficient (Wildman–Crippen LogP) is 6.26. The van der Waals surface area contributed by atoms with Gasteiger partial charge >= 0.3 is 0 Å². The number of rotatable bonds is 8. The van der Waals surface area contributed by atoms with E-state index in [4.69, 9.17) is 21.1 Å². The van der Waals surface area contributed by atoms with Gasteiger partial charge in [-0.1, -0.05) is 45.7 Å². The number of benzene rings is 3. The minimum atomic E-state index is -0.392. The molecule has 152 valence electrons. The molecule has 3 aromatic rings. The van der Waals surface area contributed by atoms with Crippen molar-refractivity contribution in [2.24, 2.45) is 0 Å². The standard InChI is InChI=1S/C22H19BrClF2NO2/c1-28-21-8-16(12-27-11-14-2-5-17(25)6-3-14)19(23)10-22(21)29-13-15-4-7-18(26)9-20(15)24/h2-10,27H,11-13H2,1H3. The first kappa shape index (κ1) is 21.6. The van der Waals surface area contributed by atoms with Gasteiger partial charge in [-0.3, -0.25) is 0 Å². The molecule has 0 heterocycles. The molecule has 0 saturated heterocycles. The largest absolute Gasteiger partial charge is 0.493 e. The van der Waals surface area contributed by atoms with Gasteiger partial charge in [-0.15, -0.1) is 0 Å². The third-order valence-electron chi connectivity index (χ3n) is 4.29. The van der Waals surface area contributed by atoms with Gasteiger partial charge < -0.3 is 14.8 Å². The zero-order valence-corrected chi connectivity index (χ0v) is 18.0. The summed E-state index contributed by atoms with van der Waals surface area (Å²) in [4.78, 5) is 0. The predicted molar refractivity (Wildman–Crippen MR) is 113 cm³/mol. The van der Waals surface area contributed by atoms with Crippen molar-refractivity contribution < 1.29 is 18.3 Å². The Labute approximate surface area is 181 Å². The van der Waals surface area contributed by atoms with E-state index in [9.17, 15) is 8.78 Å². The van der Waals surface area contributed by atoms with Gasteiger partial charge in [0.05, 0.1) is 12.1 Å². The summed E-state index contributed by atoms with van der Waals surface area (Å²) in [5.74, 6) is 0.474. The van der Waals surface area contributed by atoms with Crippen LogP contribution in [-0.2, 0) is 19.7 Å². The molecule has 0 aliphatic carbocycles. The summed E-state index contributed by atoms with van der Waals surface area (Å²) in [5.41, 5.74) is 2.65. The number of hydrogen-bond acceptors (Lipinski definition) is 3. The molecule has 0 saturated carbocycles. The molecule has 0 atom stereocenters. The van der Waals surface area contributed by atoms with Gasteiger partial charge in [0.2, 0.25) is 0 Å². The van der Waals surface area contributed by atoms with Crippen LogP contribution < -0.4 is 14.8 Å². The van der Waals surface area contributed by atoms with Gasteiger partial charge in [-0.25, -0.2) is 8.78 Å². The van der Waals surface area contributed by atoms with Gasteiger partial charge in [0.15, 0.2) is 11.5 Å². The summed E-state index contributed by atoms with van der Waals surface area (Å²) in [6.45, 7) is 1.37. The molecule has 3 nitrogen and oxygen atoms in total. The summed E-state index contributed by atoms with van der Waals surface area (Å²) in [6, 6.07) is 14.3. The van der Waals surface area contributed by atoms with Crippen molar-refractivity contribution in [3.05, 3.63) is 92.4 Å². The molecule has 0 amide bonds. The molecule has 0 aliphatic rings. The van der Waals surface area contributed by atoms with Crippen LogP contribution in [0.1, 0.15) is 16.7 Å². The average molecular weight is 483 g/mol. The van der Waals surface area contributed by atoms with Crippen molar-refractivity contribution in [1.29, 1.82) is 0 Å². The zero-order valence-electron chi connectivity index (χ0n) is 15.6. The van der Waals surface area contributed by atoms with E-state index in [0.29, 0.717) is 35.2 Å². The highest BCUT2D eigenvalue weighted by Gasteiger charge is 2.12. The van der Waals surface area contributed by atoms with Crippen molar-refractivity contribution >= 4 is 27.5 Å². The van der Waals surface area contributed by atoms with Gasteiger partial charge in [0.1, 0.15) is 18.2 Å². The van der Waals surface area contributed by atoms with Gasteiger partial charge in [-0.2, -0.15) is 0 Å². The molecule has 7 heteroatoms. The molecular weight excluding hydrogens is 464 g/mol. The monoisotopic (exact) mass is 481 g/mol. The van der Waals surface area contributed by atoms with E-state index in [1.807, 2.05) is 12.1 Å². The number of ether oxygens (including phenoxy) is 2. The number of halogens is 4. The van der Waals surface area contributed by atoms with Crippen LogP contribution in [0, 0.1) is 11.6 Å². The lowest BCUT2D eigenvalue weighted by atomic mass is 10.1. The summed E-state index contributed by atoms with van der Waals surface area (Å²) in [7, 11) is 1.57. The highest BCUT2D eigenvalue weighted by molar-refractivity contribution is 9.10. The molecular formula is C22H19BrClF2NO2. The molecule has 1 N–H and O–H groups in total. The summed E-state index contributed by atoms with van der Waals surface area (Å²) < 4.78 is 38.3. The Bertz CT molecular complexity index is 983. The second kappa shape index (κ2) is 10.1. The zero-order chi connectivity index (χ0) is 20.8. The summed E-state index contributed by atoms with van der Waals surface area (Å²) in [6.07, 6.45) is 0. The van der Waals surface area contributed by atoms with Crippen LogP contribution in [0.4, 0.5) is 8.78 Å². The van der Waals surface area contributed by atoms with E-state index in [1.54, 1.807) is 25.3 Å². The summed E-state index contributed by atoms with van der Waals surface area (Å²) >= 11 is 9.61. The average Bonchev–Trinajstić information content (AvgIpc) is 2.70. The molecule has 0 aromatic heterocycles. The smallest absolute Gasteiger partial charge is 0.162 e. The topological polar surface area (TPSA) is 30.5 Å². The first-order valence-corrected chi connectivity index (χ1v) is 10.0. The van der Waals surface area contributed by atoms with E-state index < -0.39 is 5.82 Å². The Balaban J connectivity index is 1.65. The normalized spacial score (nSPS) is 10.8. The molecule has 3 aromatic carbocycles. The maximum atomic E-state index is 13.2. The van der Waals surface area contributed by atoms with E-state index in [-0.39, 0.29) is 12.4 Å². The molecule has 0 radical (unpaired) electrons. The molecule has 0 spiro atoms. The molecule has 0 fully saturated rings. The number of hydrogen-bond donors (Lipinski definition) is 1. The van der Waals surface area contributed by atoms with E-state index >= 15 is 0 Å². The second-order valence-corrected chi connectivity index (χ2v) is 7.61. The molecule has 29 heavy (non-hydrogen) atoms. The number of nitrogens with one attached hydrogen (secondary N) is 1. The van der Waals surface area contributed by atoms with E-state index in [1.165, 1.54) is 24.3 Å². The quantitative estimate of drug-likeness (QED) is 0.411. The molecule has 3 rings (SSSR count). The van der Waals surface area contributed by atoms with Crippen molar-refractivity contribution in [1.82, 2.24) is 5.32 Å². The Morgan fingerprint density at radius 2 is 1.62 bits per heavy atom. The fraction of sp³-hybridized carbons (Fsp3) is 0.182. The lowest BCUT2D eigenvalue weighted by molar-refractivity contribution is 0.284. The summed E-state index contributed by atoms with van der Waals surface area (Å²) in [5, 5.41) is 3.63. The first-order chi connectivity index (χ1) is 14.0. The minimum Gasteiger partial charge on any atom is -0.493 e. The van der Waals surface area contributed by atoms with Gasteiger partial charge in [0.25, 0.3) is 0 Å². The molecule has 0 bridgehead atoms. The van der Waals surface area contributed by atoms with Crippen LogP contribution in [0.25, 0.3) is 0 Å². The highest BCUT2D eigenvalue weighted by atomic mass is 79.9. The second-order valence-electron chi connectivity index (χ2n) is 6.35.